The fourth-order valence-electron chi connectivity index (χ4n) is 9.48. The molecule has 30 atom stereocenters. The van der Waals surface area contributed by atoms with E-state index >= 15 is 0 Å². The van der Waals surface area contributed by atoms with E-state index in [-0.39, 0.29) is 13.2 Å². The Morgan fingerprint density at radius 1 is 0.296 bits per heavy atom. The van der Waals surface area contributed by atoms with Gasteiger partial charge in [-0.2, -0.15) is 0 Å². The van der Waals surface area contributed by atoms with Gasteiger partial charge in [-0.3, -0.25) is 0 Å². The van der Waals surface area contributed by atoms with E-state index in [1.165, 1.54) is 0 Å². The number of nitrogens with zero attached hydrogens (tertiary/aromatic N) is 1. The smallest absolute Gasteiger partial charge is 0.187 e. The van der Waals surface area contributed by atoms with Gasteiger partial charge in [0.2, 0.25) is 0 Å². The van der Waals surface area contributed by atoms with Gasteiger partial charge in [-0.25, -0.2) is 0 Å². The average molecular weight is 1040 g/mol. The quantitative estimate of drug-likeness (QED) is 0.0966. The highest BCUT2D eigenvalue weighted by atomic mass is 16.8. The summed E-state index contributed by atoms with van der Waals surface area (Å²) in [7, 11) is 3.42. The minimum Gasteiger partial charge on any atom is -0.394 e. The van der Waals surface area contributed by atoms with Crippen LogP contribution in [0.4, 0.5) is 0 Å². The first-order valence-electron chi connectivity index (χ1n) is 23.1. The Morgan fingerprint density at radius 2 is 0.507 bits per heavy atom. The highest BCUT2D eigenvalue weighted by molar-refractivity contribution is 5.01. The number of aliphatic hydroxyl groups is 17. The second-order valence-electron chi connectivity index (χ2n) is 18.5. The summed E-state index contributed by atoms with van der Waals surface area (Å²) >= 11 is 0. The summed E-state index contributed by atoms with van der Waals surface area (Å²) in [5.41, 5.74) is 0. The van der Waals surface area contributed by atoms with Crippen molar-refractivity contribution < 1.29 is 148 Å². The predicted molar refractivity (Wildman–Crippen MR) is 218 cm³/mol. The lowest BCUT2D eigenvalue weighted by Gasteiger charge is -2.51. The van der Waals surface area contributed by atoms with Crippen molar-refractivity contribution in [2.24, 2.45) is 0 Å². The van der Waals surface area contributed by atoms with Gasteiger partial charge in [0.1, 0.15) is 146 Å². The van der Waals surface area contributed by atoms with Crippen LogP contribution in [0.3, 0.4) is 0 Å². The standard InChI is InChI=1S/C40H69NO30/c1-41(2)3-4-59-34-27(58)40-65-16(10-47)33(34)71-39-26(57)21(52)31(14(8-45)64-39)69-37-24(55)19(50)29(12(6-43)62-37)67-35-22(53)17(48)28(11(5-42)60-35)66-36-23(54)18(49)30(13(7-44)61-36)68-38-25(56)20(51)32(70-40)15(9-46)63-38/h11-40,42-58H,3-10H2,1-2H3/t11-,12-,13-,14-,15-,16-,17-,18-,19-,20-,21-,22-,23-,24-,25-,26-,27-,28-,29-,30-,31-,32-,33+,34-,35-,36-,37-,38-,39-,40-/m1/s1. The van der Waals surface area contributed by atoms with Crippen LogP contribution in [0.15, 0.2) is 0 Å². The Labute approximate surface area is 404 Å². The molecule has 414 valence electrons. The lowest BCUT2D eigenvalue weighted by molar-refractivity contribution is -0.404. The van der Waals surface area contributed by atoms with Crippen molar-refractivity contribution in [2.75, 3.05) is 66.9 Å². The highest BCUT2D eigenvalue weighted by Crippen LogP contribution is 2.38. The second kappa shape index (κ2) is 24.8. The molecule has 71 heavy (non-hydrogen) atoms. The van der Waals surface area contributed by atoms with Gasteiger partial charge in [-0.1, -0.05) is 0 Å². The van der Waals surface area contributed by atoms with Crippen LogP contribution in [0.5, 0.6) is 0 Å². The first-order valence-corrected chi connectivity index (χ1v) is 23.1. The molecule has 0 aromatic rings. The maximum Gasteiger partial charge on any atom is 0.187 e. The third-order valence-electron chi connectivity index (χ3n) is 13.5. The van der Waals surface area contributed by atoms with E-state index in [2.05, 4.69) is 0 Å². The zero-order valence-corrected chi connectivity index (χ0v) is 38.3. The average Bonchev–Trinajstić information content (AvgIpc) is 3.35. The number of likely N-dealkylation sites (N-methyl/N-ethyl adjacent to an activating group) is 1. The Kier molecular flexibility index (Phi) is 20.1. The molecule has 0 aromatic carbocycles. The molecule has 0 amide bonds. The van der Waals surface area contributed by atoms with E-state index in [9.17, 15) is 86.8 Å². The monoisotopic (exact) mass is 1040 g/mol. The molecule has 22 fully saturated rings. The minimum atomic E-state index is -2.14. The summed E-state index contributed by atoms with van der Waals surface area (Å²) in [5, 5.41) is 187. The maximum atomic E-state index is 11.8. The van der Waals surface area contributed by atoms with Crippen molar-refractivity contribution in [3.05, 3.63) is 0 Å². The summed E-state index contributed by atoms with van der Waals surface area (Å²) in [6.45, 7) is -5.71. The van der Waals surface area contributed by atoms with Gasteiger partial charge in [-0.15, -0.1) is 0 Å². The van der Waals surface area contributed by atoms with E-state index in [0.29, 0.717) is 0 Å². The Hall–Kier alpha value is -1.24. The third-order valence-corrected chi connectivity index (χ3v) is 13.5. The molecule has 31 nitrogen and oxygen atoms in total. The predicted octanol–water partition coefficient (Wildman–Crippen LogP) is -12.5. The summed E-state index contributed by atoms with van der Waals surface area (Å²) in [6, 6.07) is 0. The van der Waals surface area contributed by atoms with Crippen LogP contribution in [0.2, 0.25) is 0 Å². The molecule has 12 bridgehead atoms. The molecular weight excluding hydrogens is 974 g/mol. The van der Waals surface area contributed by atoms with Gasteiger partial charge in [0.15, 0.2) is 37.7 Å². The van der Waals surface area contributed by atoms with E-state index in [0.717, 1.165) is 0 Å². The molecule has 0 spiro atoms. The van der Waals surface area contributed by atoms with Crippen LogP contribution in [0.25, 0.3) is 0 Å². The van der Waals surface area contributed by atoms with Crippen molar-refractivity contribution in [3.63, 3.8) is 0 Å². The highest BCUT2D eigenvalue weighted by Gasteiger charge is 2.59. The summed E-state index contributed by atoms with van der Waals surface area (Å²) in [6.07, 6.45) is -56.9. The lowest BCUT2D eigenvalue weighted by Crippen LogP contribution is -2.69. The zero-order chi connectivity index (χ0) is 51.7. The molecule has 0 radical (unpaired) electrons. The van der Waals surface area contributed by atoms with Crippen LogP contribution in [-0.2, 0) is 61.6 Å². The lowest BCUT2D eigenvalue weighted by atomic mass is 9.94. The van der Waals surface area contributed by atoms with Gasteiger partial charge < -0.3 is 153 Å². The van der Waals surface area contributed by atoms with Crippen molar-refractivity contribution >= 4 is 0 Å². The van der Waals surface area contributed by atoms with Crippen LogP contribution < -0.4 is 0 Å². The molecule has 17 N–H and O–H groups in total. The third kappa shape index (κ3) is 11.9. The normalized spacial score (nSPS) is 52.4. The molecule has 0 saturated carbocycles. The van der Waals surface area contributed by atoms with E-state index in [1.54, 1.807) is 19.0 Å². The molecule has 0 aromatic heterocycles. The Balaban J connectivity index is 1.22. The second-order valence-corrected chi connectivity index (χ2v) is 18.5. The van der Waals surface area contributed by atoms with E-state index < -0.39 is 224 Å². The van der Waals surface area contributed by atoms with Crippen LogP contribution >= 0.6 is 0 Å². The maximum absolute atomic E-state index is 11.8. The first-order chi connectivity index (χ1) is 33.8. The number of rotatable bonds is 10. The molecular formula is C40H69NO30. The minimum absolute atomic E-state index is 0.124. The van der Waals surface area contributed by atoms with Crippen molar-refractivity contribution in [2.45, 2.75) is 184 Å². The number of hydrogen-bond acceptors (Lipinski definition) is 31. The molecule has 22 aliphatic rings. The van der Waals surface area contributed by atoms with Crippen molar-refractivity contribution in [3.8, 4) is 0 Å². The Bertz CT molecular complexity index is 1620. The van der Waals surface area contributed by atoms with Gasteiger partial charge in [0.25, 0.3) is 0 Å². The molecule has 22 saturated heterocycles. The fourth-order valence-corrected chi connectivity index (χ4v) is 9.48. The van der Waals surface area contributed by atoms with Gasteiger partial charge >= 0.3 is 0 Å². The van der Waals surface area contributed by atoms with E-state index in [4.69, 9.17) is 61.6 Å². The topological polar surface area (TPSA) is 467 Å². The summed E-state index contributed by atoms with van der Waals surface area (Å²) in [4.78, 5) is 1.71. The first kappa shape index (κ1) is 57.5. The number of aliphatic hydroxyl groups excluding tert-OH is 17. The molecule has 22 heterocycles. The largest absolute Gasteiger partial charge is 0.394 e. The van der Waals surface area contributed by atoms with Crippen molar-refractivity contribution in [1.82, 2.24) is 4.90 Å². The molecule has 0 unspecified atom stereocenters. The van der Waals surface area contributed by atoms with Crippen molar-refractivity contribution in [1.29, 1.82) is 0 Å². The Morgan fingerprint density at radius 3 is 0.732 bits per heavy atom. The number of ether oxygens (including phenoxy) is 13. The summed E-state index contributed by atoms with van der Waals surface area (Å²) < 4.78 is 75.5. The summed E-state index contributed by atoms with van der Waals surface area (Å²) in [5.74, 6) is 0. The SMILES string of the molecule is CN(C)CCO[C@@H]1[C@@H](O)[C@H]2O[C@H]3[C@H](O)[C@@H](O)[C@@H](O[C@H]4[C@H](O)[C@@H](O)[C@@H](O[C@H]5[C@H](O)[C@@H](O)[C@@H](O[C@H]6[C@H](O)[C@@H](O)[C@@H](O[C@H]7[C@H](O)[C@@H](O)[C@@H](O[C@H]1[C@@H](CO)O2)O[C@@H]7CO)O[C@@H]6CO)O[C@@H]5CO)O[C@@H]4CO)O[C@@H]3CO. The molecule has 22 rings (SSSR count). The van der Waals surface area contributed by atoms with Gasteiger partial charge in [0.05, 0.1) is 46.2 Å². The fraction of sp³-hybridized carbons (Fsp3) is 1.00. The van der Waals surface area contributed by atoms with Crippen LogP contribution in [0, 0.1) is 0 Å². The molecule has 0 aliphatic carbocycles. The van der Waals surface area contributed by atoms with E-state index in [1.807, 2.05) is 0 Å². The van der Waals surface area contributed by atoms with Crippen LogP contribution in [-0.4, -0.2) is 343 Å². The zero-order valence-electron chi connectivity index (χ0n) is 38.3. The van der Waals surface area contributed by atoms with Gasteiger partial charge in [-0.05, 0) is 14.1 Å². The number of hydrogen-bond donors (Lipinski definition) is 17. The van der Waals surface area contributed by atoms with Crippen LogP contribution in [0.1, 0.15) is 0 Å². The van der Waals surface area contributed by atoms with Gasteiger partial charge in [0, 0.05) is 6.54 Å². The molecule has 31 heteroatoms. The molecule has 22 aliphatic heterocycles.